The maximum absolute atomic E-state index is 12.0. The predicted molar refractivity (Wildman–Crippen MR) is 74.8 cm³/mol. The highest BCUT2D eigenvalue weighted by molar-refractivity contribution is 7.89. The molecule has 0 spiro atoms. The summed E-state index contributed by atoms with van der Waals surface area (Å²) in [4.78, 5) is -0.302. The number of rotatable bonds is 6. The zero-order valence-electron chi connectivity index (χ0n) is 10.7. The highest BCUT2D eigenvalue weighted by Crippen LogP contribution is 2.29. The fourth-order valence-electron chi connectivity index (χ4n) is 1.54. The lowest BCUT2D eigenvalue weighted by molar-refractivity contribution is -0.135. The van der Waals surface area contributed by atoms with Gasteiger partial charge in [0.05, 0.1) is 5.02 Å². The van der Waals surface area contributed by atoms with Crippen molar-refractivity contribution in [2.45, 2.75) is 30.5 Å². The topological polar surface area (TPSA) is 72.2 Å². The van der Waals surface area contributed by atoms with E-state index in [9.17, 15) is 21.6 Å². The first kappa shape index (κ1) is 18.5. The molecule has 0 atom stereocenters. The largest absolute Gasteiger partial charge is 0.389 e. The van der Waals surface area contributed by atoms with Gasteiger partial charge < -0.3 is 5.73 Å². The lowest BCUT2D eigenvalue weighted by Crippen LogP contribution is -2.26. The maximum Gasteiger partial charge on any atom is 0.389 e. The molecule has 0 radical (unpaired) electrons. The summed E-state index contributed by atoms with van der Waals surface area (Å²) in [6, 6.07) is 2.54. The van der Waals surface area contributed by atoms with Crippen molar-refractivity contribution in [3.8, 4) is 0 Å². The summed E-state index contributed by atoms with van der Waals surface area (Å²) >= 11 is 11.7. The molecular weight excluding hydrogens is 352 g/mol. The summed E-state index contributed by atoms with van der Waals surface area (Å²) in [5.74, 6) is 0. The number of sulfonamides is 1. The Labute approximate surface area is 130 Å². The molecule has 120 valence electrons. The molecule has 0 bridgehead atoms. The van der Waals surface area contributed by atoms with Gasteiger partial charge in [0, 0.05) is 24.5 Å². The van der Waals surface area contributed by atoms with Gasteiger partial charge in [-0.2, -0.15) is 13.2 Å². The molecule has 21 heavy (non-hydrogen) atoms. The summed E-state index contributed by atoms with van der Waals surface area (Å²) in [6.45, 7) is -0.376. The van der Waals surface area contributed by atoms with Crippen LogP contribution in [0.4, 0.5) is 13.2 Å². The van der Waals surface area contributed by atoms with Crippen LogP contribution in [0.15, 0.2) is 17.0 Å². The van der Waals surface area contributed by atoms with E-state index in [2.05, 4.69) is 4.72 Å². The molecule has 1 aromatic carbocycles. The minimum atomic E-state index is -4.33. The molecule has 3 N–H and O–H groups in total. The quantitative estimate of drug-likeness (QED) is 0.761. The van der Waals surface area contributed by atoms with E-state index in [-0.39, 0.29) is 34.5 Å². The molecule has 0 aliphatic heterocycles. The van der Waals surface area contributed by atoms with Crippen LogP contribution in [-0.2, 0) is 16.6 Å². The van der Waals surface area contributed by atoms with Gasteiger partial charge in [-0.15, -0.1) is 0 Å². The van der Waals surface area contributed by atoms with Gasteiger partial charge in [0.1, 0.15) is 4.90 Å². The molecule has 0 aliphatic rings. The number of benzene rings is 1. The Hall–Kier alpha value is -0.540. The Bertz CT molecular complexity index is 606. The van der Waals surface area contributed by atoms with Crippen molar-refractivity contribution in [2.75, 3.05) is 6.54 Å². The minimum absolute atomic E-state index is 0.0179. The second-order valence-corrected chi connectivity index (χ2v) is 6.75. The van der Waals surface area contributed by atoms with Crippen molar-refractivity contribution in [1.82, 2.24) is 4.72 Å². The number of hydrogen-bond donors (Lipinski definition) is 2. The second kappa shape index (κ2) is 7.15. The minimum Gasteiger partial charge on any atom is -0.326 e. The molecule has 0 heterocycles. The van der Waals surface area contributed by atoms with Crippen LogP contribution in [0.5, 0.6) is 0 Å². The fourth-order valence-corrected chi connectivity index (χ4v) is 3.55. The van der Waals surface area contributed by atoms with Gasteiger partial charge >= 0.3 is 6.18 Å². The Balaban J connectivity index is 2.86. The molecule has 0 unspecified atom stereocenters. The molecule has 0 saturated heterocycles. The maximum atomic E-state index is 12.0. The van der Waals surface area contributed by atoms with Crippen LogP contribution in [0.2, 0.25) is 10.0 Å². The van der Waals surface area contributed by atoms with E-state index < -0.39 is 22.6 Å². The van der Waals surface area contributed by atoms with E-state index in [1.165, 1.54) is 6.07 Å². The van der Waals surface area contributed by atoms with Crippen molar-refractivity contribution >= 4 is 33.2 Å². The number of alkyl halides is 3. The molecule has 0 amide bonds. The van der Waals surface area contributed by atoms with Gasteiger partial charge in [-0.05, 0) is 24.1 Å². The molecule has 0 aliphatic carbocycles. The van der Waals surface area contributed by atoms with E-state index in [1.54, 1.807) is 0 Å². The van der Waals surface area contributed by atoms with Crippen molar-refractivity contribution in [3.05, 3.63) is 27.7 Å². The standard InChI is InChI=1S/C11H13Cl2F3N2O2S/c12-8-4-7(6-17)10(13)9(5-8)21(19,20)18-3-1-2-11(14,15)16/h4-5,18H,1-3,6,17H2. The van der Waals surface area contributed by atoms with Gasteiger partial charge in [-0.25, -0.2) is 13.1 Å². The Morgan fingerprint density at radius 2 is 1.86 bits per heavy atom. The second-order valence-electron chi connectivity index (χ2n) is 4.20. The summed E-state index contributed by atoms with van der Waals surface area (Å²) in [5, 5.41) is 0.0285. The third-order valence-electron chi connectivity index (χ3n) is 2.52. The third-order valence-corrected chi connectivity index (χ3v) is 4.78. The van der Waals surface area contributed by atoms with Crippen molar-refractivity contribution in [1.29, 1.82) is 0 Å². The lowest BCUT2D eigenvalue weighted by Gasteiger charge is -2.12. The lowest BCUT2D eigenvalue weighted by atomic mass is 10.2. The molecule has 1 aromatic rings. The third kappa shape index (κ3) is 5.63. The Kier molecular flexibility index (Phi) is 6.30. The highest BCUT2D eigenvalue weighted by Gasteiger charge is 2.27. The fraction of sp³-hybridized carbons (Fsp3) is 0.455. The van der Waals surface area contributed by atoms with E-state index in [4.69, 9.17) is 28.9 Å². The molecule has 0 fully saturated rings. The zero-order chi connectivity index (χ0) is 16.3. The number of nitrogens with one attached hydrogen (secondary N) is 1. The molecule has 0 aromatic heterocycles. The highest BCUT2D eigenvalue weighted by atomic mass is 35.5. The van der Waals surface area contributed by atoms with Crippen LogP contribution in [0.1, 0.15) is 18.4 Å². The molecule has 1 rings (SSSR count). The molecule has 4 nitrogen and oxygen atoms in total. The first-order valence-electron chi connectivity index (χ1n) is 5.81. The molecule has 0 saturated carbocycles. The van der Waals surface area contributed by atoms with Gasteiger partial charge in [0.2, 0.25) is 10.0 Å². The number of nitrogens with two attached hydrogens (primary N) is 1. The van der Waals surface area contributed by atoms with E-state index in [1.807, 2.05) is 0 Å². The molecular formula is C11H13Cl2F3N2O2S. The first-order chi connectivity index (χ1) is 9.57. The number of halogens is 5. The summed E-state index contributed by atoms with van der Waals surface area (Å²) in [6.07, 6.45) is -5.77. The van der Waals surface area contributed by atoms with Gasteiger partial charge in [-0.3, -0.25) is 0 Å². The van der Waals surface area contributed by atoms with Crippen LogP contribution in [-0.4, -0.2) is 21.1 Å². The normalized spacial score (nSPS) is 12.7. The monoisotopic (exact) mass is 364 g/mol. The average Bonchev–Trinajstić information content (AvgIpc) is 2.36. The molecule has 10 heteroatoms. The van der Waals surface area contributed by atoms with Gasteiger partial charge in [-0.1, -0.05) is 23.2 Å². The average molecular weight is 365 g/mol. The smallest absolute Gasteiger partial charge is 0.326 e. The Morgan fingerprint density at radius 1 is 1.24 bits per heavy atom. The summed E-state index contributed by atoms with van der Waals surface area (Å²) < 4.78 is 62.1. The zero-order valence-corrected chi connectivity index (χ0v) is 13.0. The van der Waals surface area contributed by atoms with Gasteiger partial charge in [0.25, 0.3) is 0 Å². The SMILES string of the molecule is NCc1cc(Cl)cc(S(=O)(=O)NCCCC(F)(F)F)c1Cl. The predicted octanol–water partition coefficient (Wildman–Crippen LogP) is 3.07. The van der Waals surface area contributed by atoms with E-state index in [0.29, 0.717) is 5.56 Å². The first-order valence-corrected chi connectivity index (χ1v) is 8.05. The van der Waals surface area contributed by atoms with Crippen molar-refractivity contribution in [2.24, 2.45) is 5.73 Å². The van der Waals surface area contributed by atoms with Gasteiger partial charge in [0.15, 0.2) is 0 Å². The number of hydrogen-bond acceptors (Lipinski definition) is 3. The van der Waals surface area contributed by atoms with Crippen molar-refractivity contribution < 1.29 is 21.6 Å². The van der Waals surface area contributed by atoms with Crippen LogP contribution in [0.25, 0.3) is 0 Å². The summed E-state index contributed by atoms with van der Waals surface area (Å²) in [5.41, 5.74) is 5.75. The van der Waals surface area contributed by atoms with Crippen LogP contribution < -0.4 is 10.5 Å². The van der Waals surface area contributed by atoms with E-state index >= 15 is 0 Å². The van der Waals surface area contributed by atoms with Crippen LogP contribution >= 0.6 is 23.2 Å². The van der Waals surface area contributed by atoms with Crippen LogP contribution in [0, 0.1) is 0 Å². The Morgan fingerprint density at radius 3 is 2.38 bits per heavy atom. The van der Waals surface area contributed by atoms with Crippen LogP contribution in [0.3, 0.4) is 0 Å². The van der Waals surface area contributed by atoms with Crippen molar-refractivity contribution in [3.63, 3.8) is 0 Å². The summed E-state index contributed by atoms with van der Waals surface area (Å²) in [7, 11) is -4.05. The van der Waals surface area contributed by atoms with E-state index in [0.717, 1.165) is 6.07 Å².